The van der Waals surface area contributed by atoms with Gasteiger partial charge in [-0.3, -0.25) is 4.79 Å². The highest BCUT2D eigenvalue weighted by Gasteiger charge is 2.66. The number of carbonyl (C=O) groups is 2. The Balaban J connectivity index is 1.63. The fraction of sp³-hybridized carbons (Fsp3) is 0.688. The summed E-state index contributed by atoms with van der Waals surface area (Å²) in [5.41, 5.74) is -1.95. The number of benzene rings is 1. The number of rotatable bonds is 3. The van der Waals surface area contributed by atoms with Crippen LogP contribution in [0.1, 0.15) is 111 Å². The second-order valence-corrected chi connectivity index (χ2v) is 13.0. The summed E-state index contributed by atoms with van der Waals surface area (Å²) in [5, 5.41) is 3.08. The van der Waals surface area contributed by atoms with E-state index in [-0.39, 0.29) is 11.9 Å². The van der Waals surface area contributed by atoms with Gasteiger partial charge in [0.05, 0.1) is 0 Å². The van der Waals surface area contributed by atoms with Crippen molar-refractivity contribution in [3.8, 4) is 0 Å². The lowest BCUT2D eigenvalue weighted by atomic mass is 9.70. The molecule has 1 saturated carbocycles. The van der Waals surface area contributed by atoms with Crippen molar-refractivity contribution in [2.45, 2.75) is 134 Å². The molecule has 3 amide bonds. The molecule has 1 aromatic rings. The molecule has 38 heavy (non-hydrogen) atoms. The Morgan fingerprint density at radius 2 is 1.39 bits per heavy atom. The van der Waals surface area contributed by atoms with Crippen LogP contribution in [0.2, 0.25) is 0 Å². The fourth-order valence-electron chi connectivity index (χ4n) is 7.72. The third-order valence-electron chi connectivity index (χ3n) is 8.83. The number of amides is 3. The Kier molecular flexibility index (Phi) is 8.61. The Hall–Kier alpha value is -2.34. The molecule has 2 spiro atoms. The van der Waals surface area contributed by atoms with Gasteiger partial charge in [-0.2, -0.15) is 0 Å². The molecule has 210 valence electrons. The summed E-state index contributed by atoms with van der Waals surface area (Å²) in [7, 11) is 0. The summed E-state index contributed by atoms with van der Waals surface area (Å²) < 4.78 is 7.19. The maximum Gasteiger partial charge on any atom is 0.322 e. The Bertz CT molecular complexity index is 957. The van der Waals surface area contributed by atoms with Gasteiger partial charge in [0.2, 0.25) is 0 Å². The molecule has 0 aromatic heterocycles. The van der Waals surface area contributed by atoms with Crippen LogP contribution in [0.25, 0.3) is 0 Å². The van der Waals surface area contributed by atoms with Gasteiger partial charge < -0.3 is 19.9 Å². The first-order chi connectivity index (χ1) is 18.1. The zero-order chi connectivity index (χ0) is 27.4. The molecule has 3 aliphatic rings. The van der Waals surface area contributed by atoms with Crippen LogP contribution in [0.4, 0.5) is 10.5 Å². The first kappa shape index (κ1) is 28.7. The summed E-state index contributed by atoms with van der Waals surface area (Å²) in [6.45, 7) is 12.8. The quantitative estimate of drug-likeness (QED) is 0.414. The molecular weight excluding hydrogens is 474 g/mol. The smallest absolute Gasteiger partial charge is 0.322 e. The van der Waals surface area contributed by atoms with E-state index < -0.39 is 22.4 Å². The number of piperidine rings is 1. The summed E-state index contributed by atoms with van der Waals surface area (Å²) in [5.74, 6) is 0.0776. The second kappa shape index (κ2) is 11.4. The van der Waals surface area contributed by atoms with Gasteiger partial charge in [0.25, 0.3) is 5.91 Å². The second-order valence-electron chi connectivity index (χ2n) is 13.0. The Labute approximate surface area is 230 Å². The van der Waals surface area contributed by atoms with Crippen LogP contribution in [0, 0.1) is 0 Å². The molecule has 2 saturated heterocycles. The van der Waals surface area contributed by atoms with Gasteiger partial charge in [0.1, 0.15) is 5.72 Å². The number of carbonyl (C=O) groups excluding carboxylic acids is 2. The van der Waals surface area contributed by atoms with Crippen LogP contribution in [-0.2, 0) is 9.53 Å². The van der Waals surface area contributed by atoms with Crippen molar-refractivity contribution in [1.29, 1.82) is 0 Å². The van der Waals surface area contributed by atoms with Gasteiger partial charge in [-0.05, 0) is 65.5 Å². The highest BCUT2D eigenvalue weighted by Crippen LogP contribution is 2.53. The van der Waals surface area contributed by atoms with E-state index in [9.17, 15) is 9.59 Å². The van der Waals surface area contributed by atoms with Gasteiger partial charge in [0.15, 0.2) is 5.60 Å². The summed E-state index contributed by atoms with van der Waals surface area (Å²) in [6, 6.07) is 9.42. The molecule has 1 N–H and O–H groups in total. The topological polar surface area (TPSA) is 61.9 Å². The van der Waals surface area contributed by atoms with Crippen molar-refractivity contribution in [3.63, 3.8) is 0 Å². The van der Waals surface area contributed by atoms with E-state index in [0.717, 1.165) is 31.4 Å². The average molecular weight is 524 g/mol. The van der Waals surface area contributed by atoms with E-state index in [1.54, 1.807) is 0 Å². The number of nitrogens with one attached hydrogen (secondary N) is 1. The minimum atomic E-state index is -0.948. The van der Waals surface area contributed by atoms with Crippen molar-refractivity contribution >= 4 is 17.6 Å². The van der Waals surface area contributed by atoms with Crippen molar-refractivity contribution in [1.82, 2.24) is 9.80 Å². The normalized spacial score (nSPS) is 25.0. The van der Waals surface area contributed by atoms with Crippen molar-refractivity contribution in [2.75, 3.05) is 11.9 Å². The number of ether oxygens (including phenoxy) is 1. The van der Waals surface area contributed by atoms with E-state index in [0.29, 0.717) is 19.4 Å². The molecule has 0 bridgehead atoms. The molecule has 0 radical (unpaired) electrons. The van der Waals surface area contributed by atoms with Crippen molar-refractivity contribution in [3.05, 3.63) is 43.0 Å². The SMILES string of the molecule is C=CCN1C(=O)C2(CC(C)(C)N(C(=O)Nc3ccccc3)C(C)(C)C2)OC12CCCCCCCCCCC2. The van der Waals surface area contributed by atoms with Crippen LogP contribution in [-0.4, -0.2) is 50.7 Å². The number of anilines is 1. The predicted octanol–water partition coefficient (Wildman–Crippen LogP) is 7.66. The number of para-hydroxylation sites is 1. The van der Waals surface area contributed by atoms with E-state index in [2.05, 4.69) is 39.6 Å². The first-order valence-corrected chi connectivity index (χ1v) is 14.8. The number of nitrogens with zero attached hydrogens (tertiary/aromatic N) is 2. The molecule has 6 nitrogen and oxygen atoms in total. The molecule has 0 atom stereocenters. The maximum absolute atomic E-state index is 14.4. The molecule has 2 heterocycles. The minimum Gasteiger partial charge on any atom is -0.339 e. The van der Waals surface area contributed by atoms with Gasteiger partial charge in [-0.15, -0.1) is 6.58 Å². The molecule has 1 aliphatic carbocycles. The lowest BCUT2D eigenvalue weighted by molar-refractivity contribution is -0.191. The van der Waals surface area contributed by atoms with Crippen molar-refractivity contribution < 1.29 is 14.3 Å². The third-order valence-corrected chi connectivity index (χ3v) is 8.83. The zero-order valence-electron chi connectivity index (χ0n) is 24.2. The van der Waals surface area contributed by atoms with Crippen LogP contribution < -0.4 is 5.32 Å². The number of urea groups is 1. The molecule has 6 heteroatoms. The average Bonchev–Trinajstić information content (AvgIpc) is 3.02. The third kappa shape index (κ3) is 5.80. The van der Waals surface area contributed by atoms with Crippen LogP contribution in [0.5, 0.6) is 0 Å². The maximum atomic E-state index is 14.4. The predicted molar refractivity (Wildman–Crippen MR) is 154 cm³/mol. The van der Waals surface area contributed by atoms with Crippen molar-refractivity contribution in [2.24, 2.45) is 0 Å². The molecular formula is C32H49N3O3. The van der Waals surface area contributed by atoms with Crippen LogP contribution in [0.3, 0.4) is 0 Å². The van der Waals surface area contributed by atoms with Gasteiger partial charge in [0, 0.05) is 36.2 Å². The summed E-state index contributed by atoms with van der Waals surface area (Å²) >= 11 is 0. The van der Waals surface area contributed by atoms with E-state index in [1.807, 2.05) is 46.2 Å². The van der Waals surface area contributed by atoms with E-state index in [1.165, 1.54) is 44.9 Å². The molecule has 4 rings (SSSR count). The van der Waals surface area contributed by atoms with Gasteiger partial charge >= 0.3 is 6.03 Å². The highest BCUT2D eigenvalue weighted by molar-refractivity contribution is 5.92. The molecule has 3 fully saturated rings. The standard InChI is InChI=1S/C32H49N3O3/c1-6-23-34-27(36)31(38-32(34)21-17-12-10-8-7-9-11-13-18-22-32)24-29(2,3)35(30(4,5)25-31)28(37)33-26-19-15-14-16-20-26/h6,14-16,19-20H,1,7-13,17-18,21-25H2,2-5H3,(H,33,37). The monoisotopic (exact) mass is 523 g/mol. The number of likely N-dealkylation sites (tertiary alicyclic amines) is 1. The lowest BCUT2D eigenvalue weighted by Gasteiger charge is -2.57. The highest BCUT2D eigenvalue weighted by atomic mass is 16.6. The Morgan fingerprint density at radius 1 is 0.895 bits per heavy atom. The molecule has 1 aromatic carbocycles. The minimum absolute atomic E-state index is 0.0776. The van der Waals surface area contributed by atoms with Crippen LogP contribution >= 0.6 is 0 Å². The lowest BCUT2D eigenvalue weighted by Crippen LogP contribution is -2.69. The fourth-order valence-corrected chi connectivity index (χ4v) is 7.72. The van der Waals surface area contributed by atoms with Crippen LogP contribution in [0.15, 0.2) is 43.0 Å². The van der Waals surface area contributed by atoms with E-state index >= 15 is 0 Å². The van der Waals surface area contributed by atoms with E-state index in [4.69, 9.17) is 4.74 Å². The Morgan fingerprint density at radius 3 is 1.89 bits per heavy atom. The summed E-state index contributed by atoms with van der Waals surface area (Å²) in [6.07, 6.45) is 15.5. The van der Waals surface area contributed by atoms with Gasteiger partial charge in [-0.1, -0.05) is 69.2 Å². The zero-order valence-corrected chi connectivity index (χ0v) is 24.2. The first-order valence-electron chi connectivity index (χ1n) is 14.8. The molecule has 0 unspecified atom stereocenters. The van der Waals surface area contributed by atoms with Gasteiger partial charge in [-0.25, -0.2) is 4.79 Å². The molecule has 2 aliphatic heterocycles. The number of hydrogen-bond acceptors (Lipinski definition) is 3. The largest absolute Gasteiger partial charge is 0.339 e. The number of hydrogen-bond donors (Lipinski definition) is 1. The summed E-state index contributed by atoms with van der Waals surface area (Å²) in [4.78, 5) is 32.0.